The van der Waals surface area contributed by atoms with Crippen molar-refractivity contribution in [1.29, 1.82) is 0 Å². The summed E-state index contributed by atoms with van der Waals surface area (Å²) >= 11 is 4.43. The van der Waals surface area contributed by atoms with Crippen LogP contribution < -0.4 is 15.4 Å². The van der Waals surface area contributed by atoms with E-state index in [0.29, 0.717) is 18.1 Å². The van der Waals surface area contributed by atoms with Gasteiger partial charge >= 0.3 is 6.01 Å². The van der Waals surface area contributed by atoms with E-state index < -0.39 is 0 Å². The van der Waals surface area contributed by atoms with Crippen LogP contribution in [0.5, 0.6) is 11.8 Å². The number of carbonyl (C=O) groups excluding carboxylic acids is 1. The van der Waals surface area contributed by atoms with E-state index in [0.717, 1.165) is 10.5 Å². The second-order valence-electron chi connectivity index (χ2n) is 5.27. The molecule has 0 aliphatic rings. The van der Waals surface area contributed by atoms with Crippen LogP contribution in [0.1, 0.15) is 17.5 Å². The first-order chi connectivity index (χ1) is 12.7. The fraction of sp³-hybridized carbons (Fsp3) is 0.111. The topological polar surface area (TPSA) is 152 Å². The number of amides is 1. The molecule has 0 fully saturated rings. The number of nitrogens with zero attached hydrogens (tertiary/aromatic N) is 3. The number of ether oxygens (including phenoxy) is 1. The molecule has 10 heteroatoms. The number of anilines is 1. The Morgan fingerprint density at radius 2 is 1.96 bits per heavy atom. The lowest BCUT2D eigenvalue weighted by molar-refractivity contribution is 0.0957. The Kier molecular flexibility index (Phi) is 8.82. The number of hydrogen-bond acceptors (Lipinski definition) is 7. The van der Waals surface area contributed by atoms with Gasteiger partial charge in [-0.2, -0.15) is 9.97 Å². The monoisotopic (exact) mass is 405 g/mol. The predicted molar refractivity (Wildman–Crippen MR) is 110 cm³/mol. The Balaban J connectivity index is 0.00000261. The minimum atomic E-state index is -0.332. The molecule has 9 nitrogen and oxygen atoms in total. The predicted octanol–water partition coefficient (Wildman–Crippen LogP) is 1.52. The average Bonchev–Trinajstić information content (AvgIpc) is 2.67. The lowest BCUT2D eigenvalue weighted by Gasteiger charge is -2.11. The molecule has 2 heterocycles. The van der Waals surface area contributed by atoms with E-state index >= 15 is 0 Å². The van der Waals surface area contributed by atoms with Gasteiger partial charge in [0.25, 0.3) is 5.91 Å². The molecule has 1 amide bonds. The highest BCUT2D eigenvalue weighted by molar-refractivity contribution is 7.80. The van der Waals surface area contributed by atoms with Crippen LogP contribution in [0.3, 0.4) is 0 Å². The maximum absolute atomic E-state index is 12.0. The summed E-state index contributed by atoms with van der Waals surface area (Å²) in [6, 6.07) is 12.8. The molecule has 0 unspecified atom stereocenters. The molecule has 0 aliphatic heterocycles. The van der Waals surface area contributed by atoms with Gasteiger partial charge in [0.2, 0.25) is 0 Å². The fourth-order valence-corrected chi connectivity index (χ4v) is 2.40. The van der Waals surface area contributed by atoms with E-state index in [1.54, 1.807) is 30.6 Å². The summed E-state index contributed by atoms with van der Waals surface area (Å²) in [6.07, 6.45) is 3.18. The molecule has 0 radical (unpaired) electrons. The third-order valence-electron chi connectivity index (χ3n) is 3.46. The van der Waals surface area contributed by atoms with Gasteiger partial charge in [-0.25, -0.2) is 0 Å². The third-order valence-corrected chi connectivity index (χ3v) is 3.90. The van der Waals surface area contributed by atoms with Gasteiger partial charge in [0.1, 0.15) is 17.3 Å². The second-order valence-corrected chi connectivity index (χ2v) is 5.75. The Hall–Kier alpha value is -3.21. The van der Waals surface area contributed by atoms with Crippen molar-refractivity contribution in [3.8, 4) is 11.8 Å². The van der Waals surface area contributed by atoms with Crippen molar-refractivity contribution in [3.63, 3.8) is 0 Å². The zero-order valence-corrected chi connectivity index (χ0v) is 15.9. The van der Waals surface area contributed by atoms with Gasteiger partial charge in [0.05, 0.1) is 6.20 Å². The molecule has 6 N–H and O–H groups in total. The van der Waals surface area contributed by atoms with Crippen molar-refractivity contribution in [1.82, 2.24) is 20.3 Å². The van der Waals surface area contributed by atoms with Crippen molar-refractivity contribution < 1.29 is 21.9 Å². The minimum Gasteiger partial charge on any atom is -0.423 e. The summed E-state index contributed by atoms with van der Waals surface area (Å²) < 4.78 is 5.61. The van der Waals surface area contributed by atoms with Crippen LogP contribution in [-0.2, 0) is 6.54 Å². The maximum atomic E-state index is 12.0. The minimum absolute atomic E-state index is 0. The molecule has 0 saturated heterocycles. The van der Waals surface area contributed by atoms with E-state index in [4.69, 9.17) is 4.74 Å². The standard InChI is InChI=1S/C18H17N5O2S.2H2O.H2/c1-19-17(24)14-9-16(21-10-12-5-2-3-7-15(12)26)23-18(22-14)25-13-6-4-8-20-11-13;;;/h2-9,11,26H,10H2,1H3,(H,19,24)(H,21,22,23);2*1H2;1H. The molecule has 1 aromatic carbocycles. The van der Waals surface area contributed by atoms with Crippen molar-refractivity contribution in [2.75, 3.05) is 12.4 Å². The number of hydrogen-bond donors (Lipinski definition) is 3. The highest BCUT2D eigenvalue weighted by Crippen LogP contribution is 2.20. The quantitative estimate of drug-likeness (QED) is 0.529. The molecule has 0 saturated carbocycles. The first kappa shape index (κ1) is 22.8. The highest BCUT2D eigenvalue weighted by Gasteiger charge is 2.12. The summed E-state index contributed by atoms with van der Waals surface area (Å²) in [4.78, 5) is 25.3. The first-order valence-electron chi connectivity index (χ1n) is 7.85. The van der Waals surface area contributed by atoms with Gasteiger partial charge in [0.15, 0.2) is 0 Å². The lowest BCUT2D eigenvalue weighted by atomic mass is 10.2. The molecule has 3 rings (SSSR count). The van der Waals surface area contributed by atoms with Crippen molar-refractivity contribution in [2.45, 2.75) is 11.4 Å². The first-order valence-corrected chi connectivity index (χ1v) is 8.30. The summed E-state index contributed by atoms with van der Waals surface area (Å²) in [5, 5.41) is 5.72. The van der Waals surface area contributed by atoms with E-state index in [1.807, 2.05) is 24.3 Å². The molecule has 0 atom stereocenters. The van der Waals surface area contributed by atoms with Crippen LogP contribution in [0.4, 0.5) is 5.82 Å². The zero-order chi connectivity index (χ0) is 18.4. The van der Waals surface area contributed by atoms with Crippen LogP contribution in [0.25, 0.3) is 0 Å². The van der Waals surface area contributed by atoms with E-state index in [2.05, 4.69) is 38.2 Å². The van der Waals surface area contributed by atoms with Crippen LogP contribution in [0.2, 0.25) is 0 Å². The molecule has 150 valence electrons. The smallest absolute Gasteiger partial charge is 0.324 e. The SMILES string of the molecule is CNC(=O)c1cc(NCc2ccccc2S)nc(Oc2cccnc2)n1.O.O.[HH]. The maximum Gasteiger partial charge on any atom is 0.324 e. The van der Waals surface area contributed by atoms with Gasteiger partial charge in [-0.1, -0.05) is 18.2 Å². The molecule has 0 spiro atoms. The number of pyridine rings is 1. The number of thiol groups is 1. The number of rotatable bonds is 6. The zero-order valence-electron chi connectivity index (χ0n) is 15.0. The number of nitrogens with one attached hydrogen (secondary N) is 2. The Labute approximate surface area is 168 Å². The molecule has 28 heavy (non-hydrogen) atoms. The second kappa shape index (κ2) is 10.8. The molecule has 0 aliphatic carbocycles. The number of carbonyl (C=O) groups is 1. The molecule has 0 bridgehead atoms. The van der Waals surface area contributed by atoms with Crippen LogP contribution >= 0.6 is 12.6 Å². The molecular weight excluding hydrogens is 382 g/mol. The largest absolute Gasteiger partial charge is 0.423 e. The van der Waals surface area contributed by atoms with Gasteiger partial charge in [-0.15, -0.1) is 12.6 Å². The van der Waals surface area contributed by atoms with Gasteiger partial charge in [-0.3, -0.25) is 9.78 Å². The van der Waals surface area contributed by atoms with E-state index in [1.165, 1.54) is 7.05 Å². The molecule has 2 aromatic heterocycles. The van der Waals surface area contributed by atoms with Crippen molar-refractivity contribution in [2.24, 2.45) is 0 Å². The fourth-order valence-electron chi connectivity index (χ4n) is 2.16. The van der Waals surface area contributed by atoms with Crippen molar-refractivity contribution in [3.05, 3.63) is 66.1 Å². The summed E-state index contributed by atoms with van der Waals surface area (Å²) in [6.45, 7) is 0.496. The van der Waals surface area contributed by atoms with Crippen molar-refractivity contribution >= 4 is 24.4 Å². The van der Waals surface area contributed by atoms with Crippen LogP contribution in [0.15, 0.2) is 59.8 Å². The number of aromatic nitrogens is 3. The Bertz CT molecular complexity index is 918. The van der Waals surface area contributed by atoms with Gasteiger partial charge < -0.3 is 26.3 Å². The van der Waals surface area contributed by atoms with E-state index in [-0.39, 0.29) is 30.0 Å². The normalized spacial score (nSPS) is 9.50. The third kappa shape index (κ3) is 5.91. The summed E-state index contributed by atoms with van der Waals surface area (Å²) in [7, 11) is 1.54. The summed E-state index contributed by atoms with van der Waals surface area (Å²) in [5.74, 6) is 0.614. The van der Waals surface area contributed by atoms with E-state index in [9.17, 15) is 4.79 Å². The summed E-state index contributed by atoms with van der Waals surface area (Å²) in [5.41, 5.74) is 1.20. The van der Waals surface area contributed by atoms with Gasteiger partial charge in [0, 0.05) is 32.2 Å². The number of benzene rings is 1. The lowest BCUT2D eigenvalue weighted by Crippen LogP contribution is -2.20. The average molecular weight is 405 g/mol. The van der Waals surface area contributed by atoms with Crippen LogP contribution in [0, 0.1) is 0 Å². The Morgan fingerprint density at radius 1 is 1.18 bits per heavy atom. The molecular formula is C18H23N5O4S. The Morgan fingerprint density at radius 3 is 2.64 bits per heavy atom. The highest BCUT2D eigenvalue weighted by atomic mass is 32.1. The molecule has 3 aromatic rings. The van der Waals surface area contributed by atoms with Gasteiger partial charge in [-0.05, 0) is 23.8 Å². The van der Waals surface area contributed by atoms with Crippen LogP contribution in [-0.4, -0.2) is 38.9 Å².